The summed E-state index contributed by atoms with van der Waals surface area (Å²) in [4.78, 5) is 32.3. The van der Waals surface area contributed by atoms with Crippen LogP contribution >= 0.6 is 0 Å². The van der Waals surface area contributed by atoms with E-state index in [0.717, 1.165) is 49.1 Å². The lowest BCUT2D eigenvalue weighted by Gasteiger charge is -2.16. The molecule has 0 spiro atoms. The molecule has 0 aliphatic rings. The molecule has 0 atom stereocenters. The number of anilines is 1. The fourth-order valence-corrected chi connectivity index (χ4v) is 5.18. The normalized spacial score (nSPS) is 11.7. The number of carbonyl (C=O) groups is 1. The molecule has 1 N–H and O–H groups in total. The van der Waals surface area contributed by atoms with E-state index in [0.29, 0.717) is 17.9 Å². The monoisotopic (exact) mass is 538 g/mol. The van der Waals surface area contributed by atoms with Gasteiger partial charge >= 0.3 is 0 Å². The number of amides is 1. The number of nitrogens with zero attached hydrogens (tertiary/aromatic N) is 3. The number of aromatic nitrogens is 2. The molecule has 2 aromatic heterocycles. The molecule has 4 aromatic carbocycles. The van der Waals surface area contributed by atoms with Gasteiger partial charge in [-0.25, -0.2) is 0 Å². The maximum atomic E-state index is 13.5. The van der Waals surface area contributed by atoms with Gasteiger partial charge in [0.1, 0.15) is 0 Å². The molecule has 0 unspecified atom stereocenters. The molecule has 0 saturated carbocycles. The third-order valence-electron chi connectivity index (χ3n) is 7.32. The van der Waals surface area contributed by atoms with Crippen LogP contribution in [-0.2, 0) is 4.79 Å². The quantitative estimate of drug-likeness (QED) is 0.189. The highest BCUT2D eigenvalue weighted by Crippen LogP contribution is 2.32. The molecule has 0 aliphatic carbocycles. The lowest BCUT2D eigenvalue weighted by molar-refractivity contribution is -0.111. The topological polar surface area (TPSA) is 67.2 Å². The van der Waals surface area contributed by atoms with Crippen LogP contribution in [0.5, 0.6) is 0 Å². The highest BCUT2D eigenvalue weighted by atomic mass is 16.1. The Bertz CT molecular complexity index is 2040. The van der Waals surface area contributed by atoms with Crippen LogP contribution in [0, 0.1) is 6.92 Å². The molecular weight excluding hydrogens is 508 g/mol. The van der Waals surface area contributed by atoms with Gasteiger partial charge in [0, 0.05) is 47.5 Å². The molecule has 2 heterocycles. The number of rotatable bonds is 6. The molecule has 0 fully saturated rings. The lowest BCUT2D eigenvalue weighted by Crippen LogP contribution is -2.18. The summed E-state index contributed by atoms with van der Waals surface area (Å²) < 4.78 is 1.74. The van der Waals surface area contributed by atoms with Crippen LogP contribution in [0.4, 0.5) is 5.69 Å². The Balaban J connectivity index is 1.49. The average Bonchev–Trinajstić information content (AvgIpc) is 2.97. The molecule has 0 radical (unpaired) electrons. The van der Waals surface area contributed by atoms with Gasteiger partial charge < -0.3 is 10.2 Å². The Morgan fingerprint density at radius 3 is 2.41 bits per heavy atom. The van der Waals surface area contributed by atoms with Crippen LogP contribution in [0.15, 0.2) is 114 Å². The maximum absolute atomic E-state index is 13.5. The second kappa shape index (κ2) is 10.8. The Labute approximate surface area is 238 Å². The number of benzene rings is 4. The second-order valence-electron chi connectivity index (χ2n) is 10.5. The summed E-state index contributed by atoms with van der Waals surface area (Å²) in [5.74, 6) is -0.210. The van der Waals surface area contributed by atoms with Gasteiger partial charge in [-0.05, 0) is 90.3 Å². The molecule has 6 rings (SSSR count). The van der Waals surface area contributed by atoms with E-state index in [1.165, 1.54) is 6.08 Å². The van der Waals surface area contributed by atoms with E-state index in [2.05, 4.69) is 52.8 Å². The van der Waals surface area contributed by atoms with Crippen molar-refractivity contribution in [1.82, 2.24) is 14.5 Å². The van der Waals surface area contributed by atoms with Crippen LogP contribution in [0.3, 0.4) is 0 Å². The summed E-state index contributed by atoms with van der Waals surface area (Å²) in [6.45, 7) is 2.61. The van der Waals surface area contributed by atoms with E-state index in [1.807, 2.05) is 74.6 Å². The summed E-state index contributed by atoms with van der Waals surface area (Å²) in [6, 6.07) is 28.0. The molecule has 6 aromatic rings. The van der Waals surface area contributed by atoms with E-state index in [1.54, 1.807) is 16.8 Å². The zero-order chi connectivity index (χ0) is 28.5. The van der Waals surface area contributed by atoms with Gasteiger partial charge in [-0.3, -0.25) is 19.1 Å². The van der Waals surface area contributed by atoms with Gasteiger partial charge in [0.2, 0.25) is 5.91 Å². The van der Waals surface area contributed by atoms with Crippen molar-refractivity contribution in [3.05, 3.63) is 125 Å². The molecule has 0 saturated heterocycles. The van der Waals surface area contributed by atoms with Crippen molar-refractivity contribution in [2.24, 2.45) is 0 Å². The SMILES string of the molecule is Cc1ccc(-n2c(=O)ccc3ccc4ccc(-c5ccc6ccncc6c5)cc4c32)cc1NC(=O)/C=C/CN(C)C. The average molecular weight is 539 g/mol. The Kier molecular flexibility index (Phi) is 6.91. The number of carbonyl (C=O) groups excluding carboxylic acids is 1. The third kappa shape index (κ3) is 5.25. The predicted octanol–water partition coefficient (Wildman–Crippen LogP) is 6.72. The molecule has 6 heteroatoms. The highest BCUT2D eigenvalue weighted by molar-refractivity contribution is 6.08. The van der Waals surface area contributed by atoms with Crippen LogP contribution in [-0.4, -0.2) is 41.0 Å². The van der Waals surface area contributed by atoms with Crippen molar-refractivity contribution in [1.29, 1.82) is 0 Å². The molecule has 1 amide bonds. The summed E-state index contributed by atoms with van der Waals surface area (Å²) in [5.41, 5.74) is 5.08. The van der Waals surface area contributed by atoms with E-state index in [-0.39, 0.29) is 11.5 Å². The molecule has 6 nitrogen and oxygen atoms in total. The lowest BCUT2D eigenvalue weighted by atomic mass is 9.97. The minimum absolute atomic E-state index is 0.140. The number of hydrogen-bond acceptors (Lipinski definition) is 4. The number of hydrogen-bond donors (Lipinski definition) is 1. The smallest absolute Gasteiger partial charge is 0.255 e. The van der Waals surface area contributed by atoms with Crippen LogP contribution in [0.25, 0.3) is 49.3 Å². The summed E-state index contributed by atoms with van der Waals surface area (Å²) >= 11 is 0. The maximum Gasteiger partial charge on any atom is 0.255 e. The van der Waals surface area contributed by atoms with Crippen LogP contribution in [0.2, 0.25) is 0 Å². The first-order valence-corrected chi connectivity index (χ1v) is 13.5. The fraction of sp³-hybridized carbons (Fsp3) is 0.114. The van der Waals surface area contributed by atoms with E-state index < -0.39 is 0 Å². The van der Waals surface area contributed by atoms with Crippen molar-refractivity contribution >= 4 is 44.0 Å². The first-order chi connectivity index (χ1) is 19.9. The van der Waals surface area contributed by atoms with E-state index in [4.69, 9.17) is 0 Å². The number of fused-ring (bicyclic) bond motifs is 4. The number of pyridine rings is 2. The highest BCUT2D eigenvalue weighted by Gasteiger charge is 2.13. The number of likely N-dealkylation sites (N-methyl/N-ethyl adjacent to an activating group) is 1. The van der Waals surface area contributed by atoms with Crippen molar-refractivity contribution in [3.8, 4) is 16.8 Å². The summed E-state index contributed by atoms with van der Waals surface area (Å²) in [5, 5.41) is 8.16. The fourth-order valence-electron chi connectivity index (χ4n) is 5.18. The van der Waals surface area contributed by atoms with Crippen LogP contribution in [0.1, 0.15) is 5.56 Å². The van der Waals surface area contributed by atoms with Gasteiger partial charge in [0.25, 0.3) is 5.56 Å². The standard InChI is InChI=1S/C35H30N4O2/c1-23-6-14-30(21-32(23)37-33(40)5-4-18-38(2)3)39-34(41)15-13-26-10-8-25-9-12-28(20-31(25)35(26)39)27-11-7-24-16-17-36-22-29(24)19-27/h4-17,19-22H,18H2,1-3H3,(H,37,40)/b5-4+. The summed E-state index contributed by atoms with van der Waals surface area (Å²) in [6.07, 6.45) is 7.03. The molecular formula is C35H30N4O2. The van der Waals surface area contributed by atoms with Gasteiger partial charge in [-0.2, -0.15) is 0 Å². The van der Waals surface area contributed by atoms with Crippen LogP contribution < -0.4 is 10.9 Å². The van der Waals surface area contributed by atoms with Crippen molar-refractivity contribution in [2.75, 3.05) is 26.0 Å². The second-order valence-corrected chi connectivity index (χ2v) is 10.5. The number of aryl methyl sites for hydroxylation is 1. The minimum atomic E-state index is -0.210. The van der Waals surface area contributed by atoms with E-state index >= 15 is 0 Å². The largest absolute Gasteiger partial charge is 0.322 e. The Morgan fingerprint density at radius 2 is 1.59 bits per heavy atom. The first-order valence-electron chi connectivity index (χ1n) is 13.5. The Morgan fingerprint density at radius 1 is 0.854 bits per heavy atom. The van der Waals surface area contributed by atoms with Crippen molar-refractivity contribution in [3.63, 3.8) is 0 Å². The Hall–Kier alpha value is -5.07. The molecule has 0 aliphatic heterocycles. The molecule has 0 bridgehead atoms. The third-order valence-corrected chi connectivity index (χ3v) is 7.32. The predicted molar refractivity (Wildman–Crippen MR) is 169 cm³/mol. The minimum Gasteiger partial charge on any atom is -0.322 e. The molecule has 41 heavy (non-hydrogen) atoms. The van der Waals surface area contributed by atoms with Gasteiger partial charge in [0.05, 0.1) is 11.2 Å². The first kappa shape index (κ1) is 26.2. The van der Waals surface area contributed by atoms with Crippen molar-refractivity contribution in [2.45, 2.75) is 6.92 Å². The zero-order valence-electron chi connectivity index (χ0n) is 23.3. The zero-order valence-corrected chi connectivity index (χ0v) is 23.3. The van der Waals surface area contributed by atoms with E-state index in [9.17, 15) is 9.59 Å². The van der Waals surface area contributed by atoms with Gasteiger partial charge in [0.15, 0.2) is 0 Å². The van der Waals surface area contributed by atoms with Gasteiger partial charge in [-0.1, -0.05) is 48.5 Å². The molecule has 202 valence electrons. The number of nitrogens with one attached hydrogen (secondary N) is 1. The van der Waals surface area contributed by atoms with Crippen molar-refractivity contribution < 1.29 is 4.79 Å². The summed E-state index contributed by atoms with van der Waals surface area (Å²) in [7, 11) is 3.90. The van der Waals surface area contributed by atoms with Gasteiger partial charge in [-0.15, -0.1) is 0 Å².